The summed E-state index contributed by atoms with van der Waals surface area (Å²) in [5, 5.41) is 0.525. The zero-order valence-corrected chi connectivity index (χ0v) is 19.9. The van der Waals surface area contributed by atoms with Gasteiger partial charge in [0.2, 0.25) is 11.9 Å². The molecule has 1 unspecified atom stereocenters. The summed E-state index contributed by atoms with van der Waals surface area (Å²) in [7, 11) is 5.23. The van der Waals surface area contributed by atoms with Crippen LogP contribution in [0.2, 0.25) is 0 Å². The van der Waals surface area contributed by atoms with E-state index in [2.05, 4.69) is 21.0 Å². The number of thioether (sulfide) groups is 1. The van der Waals surface area contributed by atoms with Crippen molar-refractivity contribution < 1.29 is 9.53 Å². The summed E-state index contributed by atoms with van der Waals surface area (Å²) in [6.07, 6.45) is 6.01. The molecule has 4 heterocycles. The van der Waals surface area contributed by atoms with Crippen molar-refractivity contribution in [1.29, 1.82) is 0 Å². The number of anilines is 1. The number of methoxy groups -OCH3 is 1. The first-order chi connectivity index (χ1) is 15.3. The number of allylic oxidation sites excluding steroid dienone is 1. The van der Waals surface area contributed by atoms with E-state index in [1.165, 1.54) is 11.8 Å². The van der Waals surface area contributed by atoms with Crippen molar-refractivity contribution >= 4 is 34.9 Å². The van der Waals surface area contributed by atoms with Crippen molar-refractivity contribution in [2.24, 2.45) is 4.99 Å². The number of hydrogen-bond acceptors (Lipinski definition) is 8. The topological polar surface area (TPSA) is 107 Å². The van der Waals surface area contributed by atoms with E-state index in [9.17, 15) is 4.79 Å². The monoisotopic (exact) mass is 452 g/mol. The molecule has 1 amide bonds. The number of aryl methyl sites for hydroxylation is 1. The third-order valence-electron chi connectivity index (χ3n) is 5.83. The van der Waals surface area contributed by atoms with Crippen LogP contribution in [0.25, 0.3) is 5.57 Å². The Hall–Kier alpha value is -2.94. The van der Waals surface area contributed by atoms with E-state index < -0.39 is 0 Å². The summed E-state index contributed by atoms with van der Waals surface area (Å²) in [5.41, 5.74) is 12.8. The zero-order chi connectivity index (χ0) is 23.0. The molecule has 0 fully saturated rings. The van der Waals surface area contributed by atoms with Gasteiger partial charge in [-0.25, -0.2) is 9.97 Å². The molecule has 1 atom stereocenters. The number of amides is 1. The van der Waals surface area contributed by atoms with E-state index in [1.807, 2.05) is 20.0 Å². The molecule has 0 aliphatic carbocycles. The Morgan fingerprint density at radius 1 is 1.34 bits per heavy atom. The minimum absolute atomic E-state index is 0.0748. The molecular weight excluding hydrogens is 424 g/mol. The second-order valence-electron chi connectivity index (χ2n) is 8.23. The third-order valence-corrected chi connectivity index (χ3v) is 7.07. The van der Waals surface area contributed by atoms with Gasteiger partial charge in [-0.2, -0.15) is 0 Å². The third kappa shape index (κ3) is 4.09. The average Bonchev–Trinajstić information content (AvgIpc) is 2.94. The highest BCUT2D eigenvalue weighted by molar-refractivity contribution is 8.00. The van der Waals surface area contributed by atoms with Crippen LogP contribution in [0.4, 0.5) is 5.95 Å². The minimum atomic E-state index is -0.212. The minimum Gasteiger partial charge on any atom is -0.496 e. The van der Waals surface area contributed by atoms with E-state index in [0.717, 1.165) is 50.1 Å². The number of aromatic nitrogens is 3. The number of carbonyl (C=O) groups excluding carboxylic acids is 1. The van der Waals surface area contributed by atoms with Gasteiger partial charge in [0.15, 0.2) is 0 Å². The Labute approximate surface area is 192 Å². The molecule has 2 aromatic heterocycles. The molecule has 2 aliphatic heterocycles. The van der Waals surface area contributed by atoms with Crippen LogP contribution >= 0.6 is 11.8 Å². The Morgan fingerprint density at radius 2 is 2.12 bits per heavy atom. The Balaban J connectivity index is 1.71. The first-order valence-electron chi connectivity index (χ1n) is 10.6. The maximum Gasteiger partial charge on any atom is 0.235 e. The van der Waals surface area contributed by atoms with E-state index in [-0.39, 0.29) is 17.1 Å². The molecule has 8 nitrogen and oxygen atoms in total. The largest absolute Gasteiger partial charge is 0.496 e. The number of nitrogen functional groups attached to an aromatic ring is 1. The lowest BCUT2D eigenvalue weighted by molar-refractivity contribution is -0.128. The zero-order valence-electron chi connectivity index (χ0n) is 19.1. The van der Waals surface area contributed by atoms with Crippen LogP contribution in [0.3, 0.4) is 0 Å². The van der Waals surface area contributed by atoms with Crippen LogP contribution in [0.15, 0.2) is 22.3 Å². The number of aliphatic imine (C=N–C) groups is 1. The highest BCUT2D eigenvalue weighted by Gasteiger charge is 2.33. The second-order valence-corrected chi connectivity index (χ2v) is 9.42. The normalized spacial score (nSPS) is 18.6. The molecule has 9 heteroatoms. The van der Waals surface area contributed by atoms with Crippen molar-refractivity contribution in [2.45, 2.75) is 43.4 Å². The van der Waals surface area contributed by atoms with E-state index in [1.54, 1.807) is 26.1 Å². The van der Waals surface area contributed by atoms with Gasteiger partial charge >= 0.3 is 0 Å². The van der Waals surface area contributed by atoms with Crippen LogP contribution in [-0.4, -0.2) is 64.5 Å². The standard InChI is InChI=1S/C23H28N6O2S/c1-12-10-25-15(13(2)20(12)31-5)7-6-14-11-26-16-8-9-17(22(30)29(3)4)32-21-18(16)19(14)27-23(24)28-21/h6,10,17H,7-9,11H2,1-5H3,(H2,24,27,28)/b14-6-. The molecule has 0 saturated heterocycles. The first-order valence-corrected chi connectivity index (χ1v) is 11.5. The summed E-state index contributed by atoms with van der Waals surface area (Å²) in [6.45, 7) is 4.54. The molecule has 2 aliphatic rings. The van der Waals surface area contributed by atoms with E-state index in [4.69, 9.17) is 15.5 Å². The van der Waals surface area contributed by atoms with Crippen LogP contribution in [0.5, 0.6) is 5.75 Å². The summed E-state index contributed by atoms with van der Waals surface area (Å²) in [4.78, 5) is 32.8. The van der Waals surface area contributed by atoms with Gasteiger partial charge in [-0.15, -0.1) is 0 Å². The average molecular weight is 453 g/mol. The van der Waals surface area contributed by atoms with Crippen LogP contribution < -0.4 is 10.5 Å². The predicted molar refractivity (Wildman–Crippen MR) is 127 cm³/mol. The van der Waals surface area contributed by atoms with Gasteiger partial charge in [0.25, 0.3) is 0 Å². The number of rotatable bonds is 4. The molecule has 2 aromatic rings. The first kappa shape index (κ1) is 22.3. The molecule has 168 valence electrons. The molecular formula is C23H28N6O2S. The van der Waals surface area contributed by atoms with Gasteiger partial charge in [-0.3, -0.25) is 14.8 Å². The van der Waals surface area contributed by atoms with Gasteiger partial charge in [0.05, 0.1) is 35.9 Å². The van der Waals surface area contributed by atoms with E-state index in [0.29, 0.717) is 25.8 Å². The van der Waals surface area contributed by atoms with Crippen molar-refractivity contribution in [3.8, 4) is 5.75 Å². The maximum absolute atomic E-state index is 12.6. The molecule has 0 bridgehead atoms. The Kier molecular flexibility index (Phi) is 6.19. The fourth-order valence-corrected chi connectivity index (χ4v) is 5.45. The Morgan fingerprint density at radius 3 is 2.84 bits per heavy atom. The summed E-state index contributed by atoms with van der Waals surface area (Å²) in [6, 6.07) is 0. The van der Waals surface area contributed by atoms with Gasteiger partial charge in [0, 0.05) is 43.6 Å². The summed E-state index contributed by atoms with van der Waals surface area (Å²) < 4.78 is 5.54. The SMILES string of the molecule is COc1c(C)cnc(C/C=C2/CN=C3CCC(C(=O)N(C)C)Sc4nc(N)nc2c43)c1C. The second kappa shape index (κ2) is 8.90. The number of carbonyl (C=O) groups is 1. The molecule has 0 aromatic carbocycles. The molecule has 32 heavy (non-hydrogen) atoms. The van der Waals surface area contributed by atoms with Crippen molar-refractivity contribution in [1.82, 2.24) is 19.9 Å². The van der Waals surface area contributed by atoms with Gasteiger partial charge < -0.3 is 15.4 Å². The highest BCUT2D eigenvalue weighted by Crippen LogP contribution is 2.39. The quantitative estimate of drug-likeness (QED) is 0.711. The smallest absolute Gasteiger partial charge is 0.235 e. The maximum atomic E-state index is 12.6. The molecule has 0 saturated carbocycles. The van der Waals surface area contributed by atoms with Crippen LogP contribution in [0.1, 0.15) is 40.9 Å². The summed E-state index contributed by atoms with van der Waals surface area (Å²) >= 11 is 1.46. The van der Waals surface area contributed by atoms with Crippen molar-refractivity contribution in [3.05, 3.63) is 40.4 Å². The van der Waals surface area contributed by atoms with Crippen LogP contribution in [0, 0.1) is 13.8 Å². The predicted octanol–water partition coefficient (Wildman–Crippen LogP) is 2.85. The lowest BCUT2D eigenvalue weighted by Crippen LogP contribution is -2.31. The number of pyridine rings is 1. The summed E-state index contributed by atoms with van der Waals surface area (Å²) in [5.74, 6) is 1.15. The molecule has 4 rings (SSSR count). The van der Waals surface area contributed by atoms with E-state index >= 15 is 0 Å². The highest BCUT2D eigenvalue weighted by atomic mass is 32.2. The molecule has 0 radical (unpaired) electrons. The van der Waals surface area contributed by atoms with Crippen LogP contribution in [-0.2, 0) is 11.2 Å². The lowest BCUT2D eigenvalue weighted by atomic mass is 9.95. The number of nitrogens with zero attached hydrogens (tertiary/aromatic N) is 5. The van der Waals surface area contributed by atoms with Crippen molar-refractivity contribution in [3.63, 3.8) is 0 Å². The van der Waals surface area contributed by atoms with Gasteiger partial charge in [0.1, 0.15) is 10.8 Å². The Bertz CT molecular complexity index is 1140. The molecule has 2 N–H and O–H groups in total. The number of ether oxygens (including phenoxy) is 1. The number of hydrogen-bond donors (Lipinski definition) is 1. The fourth-order valence-electron chi connectivity index (χ4n) is 4.15. The lowest BCUT2D eigenvalue weighted by Gasteiger charge is -2.20. The fraction of sp³-hybridized carbons (Fsp3) is 0.435. The van der Waals surface area contributed by atoms with Gasteiger partial charge in [-0.05, 0) is 32.3 Å². The van der Waals surface area contributed by atoms with Crippen molar-refractivity contribution in [2.75, 3.05) is 33.5 Å². The number of nitrogens with two attached hydrogens (primary N) is 1. The molecule has 0 spiro atoms. The van der Waals surface area contributed by atoms with Gasteiger partial charge in [-0.1, -0.05) is 17.8 Å².